The van der Waals surface area contributed by atoms with Crippen molar-refractivity contribution in [3.8, 4) is 0 Å². The van der Waals surface area contributed by atoms with E-state index in [2.05, 4.69) is 21.2 Å². The molecule has 4 nitrogen and oxygen atoms in total. The summed E-state index contributed by atoms with van der Waals surface area (Å²) in [7, 11) is 1.58. The van der Waals surface area contributed by atoms with Gasteiger partial charge in [0.15, 0.2) is 0 Å². The number of ether oxygens (including phenoxy) is 1. The highest BCUT2D eigenvalue weighted by molar-refractivity contribution is 9.11. The van der Waals surface area contributed by atoms with Crippen LogP contribution in [0.1, 0.15) is 18.2 Å². The van der Waals surface area contributed by atoms with Gasteiger partial charge in [-0.05, 0) is 41.1 Å². The molecule has 1 aromatic heterocycles. The molecule has 0 aliphatic rings. The van der Waals surface area contributed by atoms with E-state index in [1.165, 1.54) is 6.08 Å². The Morgan fingerprint density at radius 3 is 2.95 bits per heavy atom. The molecule has 0 aliphatic carbocycles. The first-order valence-electron chi connectivity index (χ1n) is 5.85. The maximum Gasteiger partial charge on any atom is 0.244 e. The van der Waals surface area contributed by atoms with Crippen molar-refractivity contribution in [1.29, 1.82) is 0 Å². The Hall–Kier alpha value is -0.690. The Morgan fingerprint density at radius 1 is 1.63 bits per heavy atom. The Morgan fingerprint density at radius 2 is 2.37 bits per heavy atom. The van der Waals surface area contributed by atoms with Gasteiger partial charge < -0.3 is 15.2 Å². The van der Waals surface area contributed by atoms with Crippen LogP contribution in [0.5, 0.6) is 0 Å². The molecule has 2 N–H and O–H groups in total. The van der Waals surface area contributed by atoms with E-state index in [0.717, 1.165) is 8.66 Å². The second-order valence-corrected chi connectivity index (χ2v) is 6.93. The monoisotopic (exact) mass is 347 g/mol. The molecule has 106 valence electrons. The second kappa shape index (κ2) is 7.79. The van der Waals surface area contributed by atoms with Crippen LogP contribution in [0.15, 0.2) is 22.0 Å². The van der Waals surface area contributed by atoms with E-state index >= 15 is 0 Å². The molecule has 0 fully saturated rings. The van der Waals surface area contributed by atoms with Crippen molar-refractivity contribution in [1.82, 2.24) is 5.32 Å². The van der Waals surface area contributed by atoms with Crippen LogP contribution >= 0.6 is 27.3 Å². The van der Waals surface area contributed by atoms with Crippen molar-refractivity contribution in [2.75, 3.05) is 20.3 Å². The van der Waals surface area contributed by atoms with Gasteiger partial charge in [0, 0.05) is 37.6 Å². The molecular formula is C13H18BrNO3S. The van der Waals surface area contributed by atoms with Gasteiger partial charge in [-0.1, -0.05) is 0 Å². The van der Waals surface area contributed by atoms with E-state index in [1.807, 2.05) is 12.1 Å². The Kier molecular flexibility index (Phi) is 6.71. The molecule has 1 heterocycles. The first-order chi connectivity index (χ1) is 8.93. The normalized spacial score (nSPS) is 14.5. The molecule has 19 heavy (non-hydrogen) atoms. The number of carbonyl (C=O) groups is 1. The SMILES string of the molecule is COCCC(C)(O)CNC(=O)/C=C/c1ccc(Br)s1. The molecule has 0 saturated heterocycles. The van der Waals surface area contributed by atoms with Crippen molar-refractivity contribution in [3.63, 3.8) is 0 Å². The van der Waals surface area contributed by atoms with Crippen LogP contribution < -0.4 is 5.32 Å². The van der Waals surface area contributed by atoms with Crippen LogP contribution in [0.4, 0.5) is 0 Å². The largest absolute Gasteiger partial charge is 0.388 e. The van der Waals surface area contributed by atoms with Crippen molar-refractivity contribution >= 4 is 39.2 Å². The van der Waals surface area contributed by atoms with E-state index in [9.17, 15) is 9.90 Å². The molecule has 1 aromatic rings. The molecule has 0 bridgehead atoms. The maximum absolute atomic E-state index is 11.6. The number of hydrogen-bond acceptors (Lipinski definition) is 4. The zero-order valence-corrected chi connectivity index (χ0v) is 13.4. The summed E-state index contributed by atoms with van der Waals surface area (Å²) < 4.78 is 5.93. The van der Waals surface area contributed by atoms with Gasteiger partial charge in [-0.2, -0.15) is 0 Å². The van der Waals surface area contributed by atoms with Crippen LogP contribution in [-0.4, -0.2) is 36.9 Å². The third-order valence-electron chi connectivity index (χ3n) is 2.48. The minimum Gasteiger partial charge on any atom is -0.388 e. The smallest absolute Gasteiger partial charge is 0.244 e. The van der Waals surface area contributed by atoms with E-state index in [0.29, 0.717) is 13.0 Å². The van der Waals surface area contributed by atoms with Crippen LogP contribution in [0.3, 0.4) is 0 Å². The topological polar surface area (TPSA) is 58.6 Å². The highest BCUT2D eigenvalue weighted by atomic mass is 79.9. The first-order valence-corrected chi connectivity index (χ1v) is 7.46. The standard InChI is InChI=1S/C13H18BrNO3S/c1-13(17,7-8-18-2)9-15-12(16)6-4-10-3-5-11(14)19-10/h3-6,17H,7-9H2,1-2H3,(H,15,16)/b6-4+. The number of thiophene rings is 1. The highest BCUT2D eigenvalue weighted by Crippen LogP contribution is 2.22. The maximum atomic E-state index is 11.6. The molecule has 6 heteroatoms. The number of hydrogen-bond donors (Lipinski definition) is 2. The van der Waals surface area contributed by atoms with Crippen LogP contribution in [0, 0.1) is 0 Å². The summed E-state index contributed by atoms with van der Waals surface area (Å²) in [6.45, 7) is 2.34. The van der Waals surface area contributed by atoms with Gasteiger partial charge in [0.05, 0.1) is 9.39 Å². The van der Waals surface area contributed by atoms with Gasteiger partial charge in [0.25, 0.3) is 0 Å². The van der Waals surface area contributed by atoms with Crippen molar-refractivity contribution in [2.24, 2.45) is 0 Å². The fourth-order valence-corrected chi connectivity index (χ4v) is 2.65. The molecular weight excluding hydrogens is 330 g/mol. The number of halogens is 1. The van der Waals surface area contributed by atoms with Crippen LogP contribution in [0.25, 0.3) is 6.08 Å². The molecule has 1 unspecified atom stereocenters. The predicted molar refractivity (Wildman–Crippen MR) is 81.2 cm³/mol. The zero-order chi connectivity index (χ0) is 14.3. The number of amides is 1. The third-order valence-corrected chi connectivity index (χ3v) is 4.07. The molecule has 0 radical (unpaired) electrons. The summed E-state index contributed by atoms with van der Waals surface area (Å²) in [5, 5.41) is 12.6. The predicted octanol–water partition coefficient (Wildman–Crippen LogP) is 2.43. The minimum atomic E-state index is -0.953. The Balaban J connectivity index is 2.37. The molecule has 1 atom stereocenters. The van der Waals surface area contributed by atoms with E-state index in [-0.39, 0.29) is 12.5 Å². The average molecular weight is 348 g/mol. The van der Waals surface area contributed by atoms with Crippen molar-refractivity contribution < 1.29 is 14.6 Å². The lowest BCUT2D eigenvalue weighted by molar-refractivity contribution is -0.117. The summed E-state index contributed by atoms with van der Waals surface area (Å²) in [6.07, 6.45) is 3.69. The number of rotatable bonds is 7. The van der Waals surface area contributed by atoms with Gasteiger partial charge in [-0.25, -0.2) is 0 Å². The second-order valence-electron chi connectivity index (χ2n) is 4.43. The van der Waals surface area contributed by atoms with E-state index < -0.39 is 5.60 Å². The number of aliphatic hydroxyl groups is 1. The molecule has 1 rings (SSSR count). The summed E-state index contributed by atoms with van der Waals surface area (Å²) in [6, 6.07) is 3.85. The summed E-state index contributed by atoms with van der Waals surface area (Å²) in [4.78, 5) is 12.6. The molecule has 1 amide bonds. The lowest BCUT2D eigenvalue weighted by atomic mass is 10.0. The van der Waals surface area contributed by atoms with Gasteiger partial charge in [0.2, 0.25) is 5.91 Å². The van der Waals surface area contributed by atoms with E-state index in [1.54, 1.807) is 31.4 Å². The average Bonchev–Trinajstić information content (AvgIpc) is 2.77. The number of nitrogens with one attached hydrogen (secondary N) is 1. The third kappa shape index (κ3) is 6.87. The lowest BCUT2D eigenvalue weighted by Crippen LogP contribution is -2.40. The van der Waals surface area contributed by atoms with E-state index in [4.69, 9.17) is 4.74 Å². The minimum absolute atomic E-state index is 0.202. The quantitative estimate of drug-likeness (QED) is 0.744. The molecule has 0 aliphatic heterocycles. The Bertz CT molecular complexity index is 443. The summed E-state index contributed by atoms with van der Waals surface area (Å²) in [5.74, 6) is -0.220. The summed E-state index contributed by atoms with van der Waals surface area (Å²) in [5.41, 5.74) is -0.953. The first kappa shape index (κ1) is 16.4. The highest BCUT2D eigenvalue weighted by Gasteiger charge is 2.20. The molecule has 0 saturated carbocycles. The van der Waals surface area contributed by atoms with Crippen LogP contribution in [0.2, 0.25) is 0 Å². The fraction of sp³-hybridized carbons (Fsp3) is 0.462. The van der Waals surface area contributed by atoms with Crippen LogP contribution in [-0.2, 0) is 9.53 Å². The van der Waals surface area contributed by atoms with Gasteiger partial charge in [-0.3, -0.25) is 4.79 Å². The molecule has 0 aromatic carbocycles. The van der Waals surface area contributed by atoms with Gasteiger partial charge in [0.1, 0.15) is 0 Å². The fourth-order valence-electron chi connectivity index (χ4n) is 1.32. The Labute approximate surface area is 125 Å². The van der Waals surface area contributed by atoms with Crippen molar-refractivity contribution in [3.05, 3.63) is 26.9 Å². The lowest BCUT2D eigenvalue weighted by Gasteiger charge is -2.22. The zero-order valence-electron chi connectivity index (χ0n) is 11.0. The van der Waals surface area contributed by atoms with Gasteiger partial charge >= 0.3 is 0 Å². The van der Waals surface area contributed by atoms with Gasteiger partial charge in [-0.15, -0.1) is 11.3 Å². The van der Waals surface area contributed by atoms with Crippen molar-refractivity contribution in [2.45, 2.75) is 18.9 Å². The molecule has 0 spiro atoms. The number of methoxy groups -OCH3 is 1. The number of carbonyl (C=O) groups excluding carboxylic acids is 1. The summed E-state index contributed by atoms with van der Waals surface area (Å²) >= 11 is 4.91.